The summed E-state index contributed by atoms with van der Waals surface area (Å²) < 4.78 is 0. The predicted molar refractivity (Wildman–Crippen MR) is 109 cm³/mol. The summed E-state index contributed by atoms with van der Waals surface area (Å²) in [6.07, 6.45) is -0.162. The maximum Gasteiger partial charge on any atom is 0.0602 e. The zero-order chi connectivity index (χ0) is 15.1. The molecule has 1 N–H and O–H groups in total. The van der Waals surface area contributed by atoms with E-state index in [-0.39, 0.29) is 6.10 Å². The van der Waals surface area contributed by atoms with Gasteiger partial charge in [-0.3, -0.25) is 0 Å². The summed E-state index contributed by atoms with van der Waals surface area (Å²) in [5, 5.41) is 10.0. The molecule has 0 aromatic rings. The highest BCUT2D eigenvalue weighted by Gasteiger charge is 2.09. The van der Waals surface area contributed by atoms with Crippen LogP contribution in [0, 0.1) is 0 Å². The molecular weight excluding hydrogens is 344 g/mol. The highest BCUT2D eigenvalue weighted by molar-refractivity contribution is 8.06. The van der Waals surface area contributed by atoms with Gasteiger partial charge in [0.1, 0.15) is 0 Å². The fraction of sp³-hybridized carbons (Fsp3) is 1.00. The van der Waals surface area contributed by atoms with Crippen LogP contribution in [0.1, 0.15) is 20.8 Å². The van der Waals surface area contributed by atoms with Crippen molar-refractivity contribution >= 4 is 58.8 Å². The van der Waals surface area contributed by atoms with E-state index >= 15 is 0 Å². The molecule has 6 heteroatoms. The molecule has 0 fully saturated rings. The van der Waals surface area contributed by atoms with Gasteiger partial charge in [0, 0.05) is 45.5 Å². The minimum absolute atomic E-state index is 0.162. The number of thioether (sulfide) groups is 5. The first-order chi connectivity index (χ1) is 9.70. The van der Waals surface area contributed by atoms with Crippen LogP contribution in [0.25, 0.3) is 0 Å². The van der Waals surface area contributed by atoms with Gasteiger partial charge in [0.15, 0.2) is 0 Å². The van der Waals surface area contributed by atoms with Crippen LogP contribution in [0.2, 0.25) is 0 Å². The molecule has 2 atom stereocenters. The summed E-state index contributed by atoms with van der Waals surface area (Å²) in [6.45, 7) is 6.35. The SMILES string of the molecule is CCSCCSC(CSCC)CSCCSCC(C)O. The van der Waals surface area contributed by atoms with Crippen molar-refractivity contribution in [3.8, 4) is 0 Å². The third-order valence-electron chi connectivity index (χ3n) is 2.33. The molecule has 0 spiro atoms. The van der Waals surface area contributed by atoms with Crippen molar-refractivity contribution < 1.29 is 5.11 Å². The van der Waals surface area contributed by atoms with Gasteiger partial charge in [-0.25, -0.2) is 0 Å². The lowest BCUT2D eigenvalue weighted by Crippen LogP contribution is -2.12. The Morgan fingerprint density at radius 3 is 1.90 bits per heavy atom. The van der Waals surface area contributed by atoms with Crippen LogP contribution in [0.15, 0.2) is 0 Å². The largest absolute Gasteiger partial charge is 0.393 e. The Balaban J connectivity index is 3.58. The van der Waals surface area contributed by atoms with Crippen molar-refractivity contribution in [1.29, 1.82) is 0 Å². The standard InChI is InChI=1S/C14H30OS5/c1-4-16-8-9-20-14(11-17-5-2)12-19-7-6-18-10-13(3)15/h13-15H,4-12H2,1-3H3. The molecule has 0 aliphatic carbocycles. The van der Waals surface area contributed by atoms with Gasteiger partial charge in [-0.2, -0.15) is 58.8 Å². The fourth-order valence-corrected chi connectivity index (χ4v) is 6.99. The molecule has 0 aliphatic rings. The second-order valence-electron chi connectivity index (χ2n) is 4.35. The minimum Gasteiger partial charge on any atom is -0.393 e. The molecule has 0 aromatic heterocycles. The van der Waals surface area contributed by atoms with Crippen molar-refractivity contribution in [1.82, 2.24) is 0 Å². The number of hydrogen-bond donors (Lipinski definition) is 1. The van der Waals surface area contributed by atoms with E-state index in [9.17, 15) is 5.11 Å². The smallest absolute Gasteiger partial charge is 0.0602 e. The average Bonchev–Trinajstić information content (AvgIpc) is 2.43. The van der Waals surface area contributed by atoms with Crippen molar-refractivity contribution in [2.24, 2.45) is 0 Å². The van der Waals surface area contributed by atoms with Crippen LogP contribution in [0.3, 0.4) is 0 Å². The molecular formula is C14H30OS5. The maximum absolute atomic E-state index is 9.20. The highest BCUT2D eigenvalue weighted by atomic mass is 32.2. The van der Waals surface area contributed by atoms with E-state index in [1.165, 1.54) is 46.0 Å². The Morgan fingerprint density at radius 1 is 0.750 bits per heavy atom. The normalized spacial score (nSPS) is 14.4. The van der Waals surface area contributed by atoms with Gasteiger partial charge >= 0.3 is 0 Å². The van der Waals surface area contributed by atoms with Gasteiger partial charge < -0.3 is 5.11 Å². The predicted octanol–water partition coefficient (Wildman–Crippen LogP) is 4.44. The maximum atomic E-state index is 9.20. The quantitative estimate of drug-likeness (QED) is 0.424. The van der Waals surface area contributed by atoms with Crippen molar-refractivity contribution in [2.75, 3.05) is 51.8 Å². The van der Waals surface area contributed by atoms with Gasteiger partial charge in [-0.1, -0.05) is 13.8 Å². The van der Waals surface area contributed by atoms with Crippen molar-refractivity contribution in [3.63, 3.8) is 0 Å². The lowest BCUT2D eigenvalue weighted by molar-refractivity contribution is 0.220. The van der Waals surface area contributed by atoms with E-state index in [4.69, 9.17) is 0 Å². The Hall–Kier alpha value is 1.71. The summed E-state index contributed by atoms with van der Waals surface area (Å²) >= 11 is 10.2. The molecule has 1 nitrogen and oxygen atoms in total. The third kappa shape index (κ3) is 16.1. The molecule has 0 aliphatic heterocycles. The monoisotopic (exact) mass is 374 g/mol. The summed E-state index contributed by atoms with van der Waals surface area (Å²) in [7, 11) is 0. The average molecular weight is 375 g/mol. The molecule has 0 rings (SSSR count). The Kier molecular flexibility index (Phi) is 18.5. The summed E-state index contributed by atoms with van der Waals surface area (Å²) in [5.41, 5.74) is 0. The van der Waals surface area contributed by atoms with E-state index in [1.54, 1.807) is 0 Å². The molecule has 0 radical (unpaired) electrons. The second-order valence-corrected chi connectivity index (χ2v) is 10.8. The first-order valence-electron chi connectivity index (χ1n) is 7.31. The Bertz CT molecular complexity index is 192. The van der Waals surface area contributed by atoms with Crippen LogP contribution in [0.5, 0.6) is 0 Å². The highest BCUT2D eigenvalue weighted by Crippen LogP contribution is 2.22. The lowest BCUT2D eigenvalue weighted by Gasteiger charge is -2.15. The molecule has 0 aromatic carbocycles. The van der Waals surface area contributed by atoms with Gasteiger partial charge in [-0.15, -0.1) is 0 Å². The van der Waals surface area contributed by atoms with Gasteiger partial charge in [0.05, 0.1) is 6.10 Å². The van der Waals surface area contributed by atoms with E-state index < -0.39 is 0 Å². The zero-order valence-corrected chi connectivity index (χ0v) is 17.1. The number of rotatable bonds is 15. The summed E-state index contributed by atoms with van der Waals surface area (Å²) in [5.74, 6) is 10.9. The number of aliphatic hydroxyl groups is 1. The van der Waals surface area contributed by atoms with E-state index in [0.717, 1.165) is 11.0 Å². The molecule has 0 saturated heterocycles. The van der Waals surface area contributed by atoms with Crippen LogP contribution < -0.4 is 0 Å². The zero-order valence-electron chi connectivity index (χ0n) is 13.0. The summed E-state index contributed by atoms with van der Waals surface area (Å²) in [4.78, 5) is 0. The molecule has 0 heterocycles. The van der Waals surface area contributed by atoms with E-state index in [2.05, 4.69) is 60.9 Å². The first-order valence-corrected chi connectivity index (χ1v) is 13.0. The van der Waals surface area contributed by atoms with Crippen molar-refractivity contribution in [2.45, 2.75) is 32.1 Å². The topological polar surface area (TPSA) is 20.2 Å². The second kappa shape index (κ2) is 17.1. The van der Waals surface area contributed by atoms with Crippen LogP contribution in [0.4, 0.5) is 0 Å². The van der Waals surface area contributed by atoms with Crippen LogP contribution in [-0.2, 0) is 0 Å². The van der Waals surface area contributed by atoms with Crippen LogP contribution >= 0.6 is 58.8 Å². The first kappa shape index (κ1) is 21.7. The van der Waals surface area contributed by atoms with Gasteiger partial charge in [0.2, 0.25) is 0 Å². The lowest BCUT2D eigenvalue weighted by atomic mass is 10.5. The van der Waals surface area contributed by atoms with E-state index in [1.807, 2.05) is 18.7 Å². The van der Waals surface area contributed by atoms with Crippen LogP contribution in [-0.4, -0.2) is 68.2 Å². The Morgan fingerprint density at radius 2 is 1.30 bits per heavy atom. The fourth-order valence-electron chi connectivity index (χ4n) is 1.40. The summed E-state index contributed by atoms with van der Waals surface area (Å²) in [6, 6.07) is 0. The minimum atomic E-state index is -0.162. The van der Waals surface area contributed by atoms with Crippen molar-refractivity contribution in [3.05, 3.63) is 0 Å². The molecule has 122 valence electrons. The van der Waals surface area contributed by atoms with Gasteiger partial charge in [0.25, 0.3) is 0 Å². The molecule has 2 unspecified atom stereocenters. The van der Waals surface area contributed by atoms with E-state index in [0.29, 0.717) is 0 Å². The Labute approximate surface area is 147 Å². The molecule has 0 bridgehead atoms. The molecule has 20 heavy (non-hydrogen) atoms. The molecule has 0 amide bonds. The third-order valence-corrected chi connectivity index (χ3v) is 8.80. The number of aliphatic hydroxyl groups excluding tert-OH is 1. The number of hydrogen-bond acceptors (Lipinski definition) is 6. The van der Waals surface area contributed by atoms with Gasteiger partial charge in [-0.05, 0) is 18.4 Å². The molecule has 0 saturated carbocycles.